The third-order valence-corrected chi connectivity index (χ3v) is 1.46. The van der Waals surface area contributed by atoms with Gasteiger partial charge in [-0.05, 0) is 0 Å². The SMILES string of the molecule is CC(=O)OP(=O)(O)OC(C)=O.[MgH2]. The number of hydrogen-bond acceptors (Lipinski definition) is 5. The molecule has 0 radical (unpaired) electrons. The van der Waals surface area contributed by atoms with E-state index in [1.54, 1.807) is 0 Å². The van der Waals surface area contributed by atoms with E-state index >= 15 is 0 Å². The summed E-state index contributed by atoms with van der Waals surface area (Å²) >= 11 is 0. The highest BCUT2D eigenvalue weighted by molar-refractivity contribution is 7.48. The lowest BCUT2D eigenvalue weighted by molar-refractivity contribution is -0.137. The fourth-order valence-corrected chi connectivity index (χ4v) is 1.03. The van der Waals surface area contributed by atoms with Crippen LogP contribution in [0, 0.1) is 0 Å². The molecule has 0 aromatic carbocycles. The summed E-state index contributed by atoms with van der Waals surface area (Å²) in [4.78, 5) is 28.7. The van der Waals surface area contributed by atoms with Crippen LogP contribution in [0.1, 0.15) is 13.8 Å². The molecule has 6 nitrogen and oxygen atoms in total. The van der Waals surface area contributed by atoms with Gasteiger partial charge in [0.15, 0.2) is 0 Å². The summed E-state index contributed by atoms with van der Waals surface area (Å²) in [5, 5.41) is 0. The number of phosphoric acid groups is 1. The Labute approximate surface area is 85.0 Å². The smallest absolute Gasteiger partial charge is 0.362 e. The van der Waals surface area contributed by atoms with E-state index in [1.165, 1.54) is 0 Å². The molecule has 1 N–H and O–H groups in total. The van der Waals surface area contributed by atoms with Gasteiger partial charge in [0.2, 0.25) is 0 Å². The van der Waals surface area contributed by atoms with Crippen molar-refractivity contribution in [3.8, 4) is 0 Å². The van der Waals surface area contributed by atoms with Gasteiger partial charge < -0.3 is 9.05 Å². The molecule has 0 aliphatic heterocycles. The molecule has 8 heteroatoms. The molecule has 0 aliphatic rings. The molecule has 0 rings (SSSR count). The molecule has 0 spiro atoms. The van der Waals surface area contributed by atoms with Gasteiger partial charge in [0.1, 0.15) is 0 Å². The molecule has 0 saturated heterocycles. The predicted molar refractivity (Wildman–Crippen MR) is 41.9 cm³/mol. The van der Waals surface area contributed by atoms with Crippen LogP contribution < -0.4 is 0 Å². The summed E-state index contributed by atoms with van der Waals surface area (Å²) in [5.41, 5.74) is 0. The molecular formula is C4H9MgO6P. The molecule has 0 bridgehead atoms. The van der Waals surface area contributed by atoms with Crippen LogP contribution in [0.3, 0.4) is 0 Å². The molecular weight excluding hydrogens is 199 g/mol. The predicted octanol–water partition coefficient (Wildman–Crippen LogP) is -0.703. The van der Waals surface area contributed by atoms with Crippen LogP contribution in [0.5, 0.6) is 0 Å². The first-order valence-electron chi connectivity index (χ1n) is 2.56. The minimum absolute atomic E-state index is 0. The molecule has 0 heterocycles. The molecule has 0 atom stereocenters. The van der Waals surface area contributed by atoms with Gasteiger partial charge in [-0.25, -0.2) is 4.57 Å². The highest BCUT2D eigenvalue weighted by atomic mass is 31.2. The Balaban J connectivity index is 0. The summed E-state index contributed by atoms with van der Waals surface area (Å²) < 4.78 is 18.1. The van der Waals surface area contributed by atoms with Gasteiger partial charge in [-0.3, -0.25) is 14.5 Å². The van der Waals surface area contributed by atoms with Crippen LogP contribution in [-0.2, 0) is 23.2 Å². The monoisotopic (exact) mass is 208 g/mol. The first kappa shape index (κ1) is 14.4. The largest absolute Gasteiger partial charge is 0.589 e. The van der Waals surface area contributed by atoms with Gasteiger partial charge in [-0.15, -0.1) is 0 Å². The number of rotatable bonds is 2. The van der Waals surface area contributed by atoms with Crippen LogP contribution in [0.25, 0.3) is 0 Å². The zero-order valence-corrected chi connectivity index (χ0v) is 6.83. The summed E-state index contributed by atoms with van der Waals surface area (Å²) in [5.74, 6) is -1.98. The highest BCUT2D eigenvalue weighted by Gasteiger charge is 2.27. The number of carbonyl (C=O) groups excluding carboxylic acids is 2. The van der Waals surface area contributed by atoms with E-state index in [1.807, 2.05) is 0 Å². The van der Waals surface area contributed by atoms with Gasteiger partial charge in [0, 0.05) is 13.8 Å². The molecule has 12 heavy (non-hydrogen) atoms. The lowest BCUT2D eigenvalue weighted by Crippen LogP contribution is -2.02. The topological polar surface area (TPSA) is 89.9 Å². The Morgan fingerprint density at radius 1 is 1.17 bits per heavy atom. The third-order valence-electron chi connectivity index (χ3n) is 0.488. The van der Waals surface area contributed by atoms with E-state index in [0.29, 0.717) is 0 Å². The molecule has 0 saturated carbocycles. The molecule has 0 aliphatic carbocycles. The van der Waals surface area contributed by atoms with Gasteiger partial charge in [-0.1, -0.05) is 0 Å². The molecule has 0 aromatic rings. The minimum atomic E-state index is -4.50. The molecule has 0 amide bonds. The van der Waals surface area contributed by atoms with Crippen molar-refractivity contribution in [2.45, 2.75) is 13.8 Å². The molecule has 0 aromatic heterocycles. The van der Waals surface area contributed by atoms with Crippen molar-refractivity contribution in [1.29, 1.82) is 0 Å². The van der Waals surface area contributed by atoms with E-state index in [9.17, 15) is 14.2 Å². The first-order chi connectivity index (χ1) is 4.83. The fourth-order valence-electron chi connectivity index (χ4n) is 0.344. The highest BCUT2D eigenvalue weighted by Crippen LogP contribution is 2.43. The van der Waals surface area contributed by atoms with E-state index in [0.717, 1.165) is 13.8 Å². The van der Waals surface area contributed by atoms with Gasteiger partial charge >= 0.3 is 42.8 Å². The third kappa shape index (κ3) is 8.00. The normalized spacial score (nSPS) is 9.58. The molecule has 68 valence electrons. The van der Waals surface area contributed by atoms with Crippen molar-refractivity contribution >= 4 is 42.8 Å². The second-order valence-electron chi connectivity index (χ2n) is 1.63. The van der Waals surface area contributed by atoms with Crippen LogP contribution in [-0.4, -0.2) is 39.9 Å². The van der Waals surface area contributed by atoms with Crippen molar-refractivity contribution < 1.29 is 28.1 Å². The maximum absolute atomic E-state index is 10.5. The number of carbonyl (C=O) groups is 2. The van der Waals surface area contributed by atoms with Gasteiger partial charge in [0.25, 0.3) is 0 Å². The zero-order chi connectivity index (χ0) is 9.07. The average molecular weight is 208 g/mol. The van der Waals surface area contributed by atoms with Gasteiger partial charge in [-0.2, -0.15) is 0 Å². The summed E-state index contributed by atoms with van der Waals surface area (Å²) in [7, 11) is -4.50. The maximum Gasteiger partial charge on any atom is 0.589 e. The van der Waals surface area contributed by atoms with E-state index < -0.39 is 19.8 Å². The minimum Gasteiger partial charge on any atom is -0.362 e. The number of phosphoric ester groups is 1. The lowest BCUT2D eigenvalue weighted by Gasteiger charge is -2.07. The summed E-state index contributed by atoms with van der Waals surface area (Å²) in [6.07, 6.45) is 0. The molecule has 0 unspecified atom stereocenters. The Morgan fingerprint density at radius 3 is 1.58 bits per heavy atom. The van der Waals surface area contributed by atoms with E-state index in [4.69, 9.17) is 4.89 Å². The van der Waals surface area contributed by atoms with Crippen molar-refractivity contribution in [3.63, 3.8) is 0 Å². The Bertz CT molecular complexity index is 206. The van der Waals surface area contributed by atoms with Crippen LogP contribution in [0.2, 0.25) is 0 Å². The van der Waals surface area contributed by atoms with Crippen molar-refractivity contribution in [1.82, 2.24) is 0 Å². The van der Waals surface area contributed by atoms with Crippen molar-refractivity contribution in [2.75, 3.05) is 0 Å². The standard InChI is InChI=1S/C4H7O6P.Mg.2H/c1-3(5)9-11(7,8)10-4(2)6;;;/h1-2H3,(H,7,8);;;. The maximum atomic E-state index is 10.5. The Hall–Kier alpha value is -0.104. The Morgan fingerprint density at radius 2 is 1.42 bits per heavy atom. The molecule has 0 fully saturated rings. The summed E-state index contributed by atoms with van der Waals surface area (Å²) in [6.45, 7) is 1.85. The Kier molecular flexibility index (Phi) is 6.64. The van der Waals surface area contributed by atoms with Gasteiger partial charge in [0.05, 0.1) is 0 Å². The fraction of sp³-hybridized carbons (Fsp3) is 0.500. The van der Waals surface area contributed by atoms with Crippen molar-refractivity contribution in [3.05, 3.63) is 0 Å². The second-order valence-corrected chi connectivity index (χ2v) is 2.94. The number of hydrogen-bond donors (Lipinski definition) is 1. The van der Waals surface area contributed by atoms with E-state index in [-0.39, 0.29) is 23.1 Å². The van der Waals surface area contributed by atoms with Crippen molar-refractivity contribution in [2.24, 2.45) is 0 Å². The van der Waals surface area contributed by atoms with Crippen LogP contribution in [0.4, 0.5) is 0 Å². The average Bonchev–Trinajstić information content (AvgIpc) is 1.53. The zero-order valence-electron chi connectivity index (χ0n) is 5.94. The first-order valence-corrected chi connectivity index (χ1v) is 4.06. The second kappa shape index (κ2) is 5.53. The lowest BCUT2D eigenvalue weighted by atomic mass is 10.9. The van der Waals surface area contributed by atoms with E-state index in [2.05, 4.69) is 9.05 Å². The van der Waals surface area contributed by atoms with Crippen LogP contribution >= 0.6 is 7.82 Å². The van der Waals surface area contributed by atoms with Crippen LogP contribution in [0.15, 0.2) is 0 Å². The summed E-state index contributed by atoms with van der Waals surface area (Å²) in [6, 6.07) is 0. The quantitative estimate of drug-likeness (QED) is 0.476.